The van der Waals surface area contributed by atoms with Crippen LogP contribution in [0.5, 0.6) is 0 Å². The smallest absolute Gasteiger partial charge is 0.299 e. The fourth-order valence-electron chi connectivity index (χ4n) is 2.68. The Labute approximate surface area is 123 Å². The molecule has 1 aromatic rings. The Balaban J connectivity index is 2.07. The molecule has 2 aliphatic rings. The lowest BCUT2D eigenvalue weighted by molar-refractivity contribution is -0.286. The Bertz CT molecular complexity index is 598. The van der Waals surface area contributed by atoms with Gasteiger partial charge in [0.05, 0.1) is 18.9 Å². The van der Waals surface area contributed by atoms with Gasteiger partial charge in [0.1, 0.15) is 0 Å². The van der Waals surface area contributed by atoms with Gasteiger partial charge in [0.2, 0.25) is 5.91 Å². The number of imide groups is 1. The van der Waals surface area contributed by atoms with Crippen molar-refractivity contribution in [3.8, 4) is 0 Å². The SMILES string of the molecule is CCC(=O)N1C(=O)C2(OCC(C)(C)CO2)c2ccccc21. The van der Waals surface area contributed by atoms with Crippen LogP contribution in [0.25, 0.3) is 0 Å². The van der Waals surface area contributed by atoms with Crippen LogP contribution in [0.2, 0.25) is 0 Å². The fraction of sp³-hybridized carbons (Fsp3) is 0.500. The Morgan fingerprint density at radius 2 is 1.86 bits per heavy atom. The maximum Gasteiger partial charge on any atom is 0.299 e. The number of hydrogen-bond donors (Lipinski definition) is 0. The van der Waals surface area contributed by atoms with Crippen LogP contribution in [0.3, 0.4) is 0 Å². The van der Waals surface area contributed by atoms with Gasteiger partial charge in [-0.15, -0.1) is 0 Å². The van der Waals surface area contributed by atoms with E-state index in [2.05, 4.69) is 0 Å². The van der Waals surface area contributed by atoms with E-state index in [0.29, 0.717) is 24.5 Å². The second-order valence-corrected chi connectivity index (χ2v) is 6.26. The van der Waals surface area contributed by atoms with Gasteiger partial charge in [-0.05, 0) is 6.07 Å². The lowest BCUT2D eigenvalue weighted by atomic mass is 9.93. The number of hydrogen-bond acceptors (Lipinski definition) is 4. The molecule has 0 N–H and O–H groups in total. The predicted molar refractivity (Wildman–Crippen MR) is 76.6 cm³/mol. The molecule has 0 bridgehead atoms. The standard InChI is InChI=1S/C16H19NO4/c1-4-13(18)17-12-8-6-5-7-11(12)16(14(17)19)20-9-15(2,3)10-21-16/h5-8H,4,9-10H2,1-3H3. The van der Waals surface area contributed by atoms with E-state index >= 15 is 0 Å². The summed E-state index contributed by atoms with van der Waals surface area (Å²) < 4.78 is 11.7. The minimum Gasteiger partial charge on any atom is -0.338 e. The molecule has 0 aromatic heterocycles. The van der Waals surface area contributed by atoms with Gasteiger partial charge in [-0.1, -0.05) is 39.0 Å². The van der Waals surface area contributed by atoms with Crippen molar-refractivity contribution in [1.29, 1.82) is 0 Å². The zero-order valence-corrected chi connectivity index (χ0v) is 12.5. The Morgan fingerprint density at radius 1 is 1.24 bits per heavy atom. The van der Waals surface area contributed by atoms with Crippen LogP contribution in [0.15, 0.2) is 24.3 Å². The van der Waals surface area contributed by atoms with Crippen molar-refractivity contribution >= 4 is 17.5 Å². The molecule has 0 atom stereocenters. The number of carbonyl (C=O) groups is 2. The summed E-state index contributed by atoms with van der Waals surface area (Å²) in [7, 11) is 0. The molecule has 1 saturated heterocycles. The summed E-state index contributed by atoms with van der Waals surface area (Å²) in [5.41, 5.74) is 1.03. The number of nitrogens with zero attached hydrogens (tertiary/aromatic N) is 1. The summed E-state index contributed by atoms with van der Waals surface area (Å²) in [6.07, 6.45) is 0.252. The molecule has 1 aromatic carbocycles. The summed E-state index contributed by atoms with van der Waals surface area (Å²) in [4.78, 5) is 26.1. The Kier molecular flexibility index (Phi) is 3.15. The summed E-state index contributed by atoms with van der Waals surface area (Å²) in [5, 5.41) is 0. The first-order chi connectivity index (χ1) is 9.91. The van der Waals surface area contributed by atoms with E-state index in [0.717, 1.165) is 0 Å². The molecule has 2 aliphatic heterocycles. The highest BCUT2D eigenvalue weighted by molar-refractivity contribution is 6.21. The van der Waals surface area contributed by atoms with E-state index in [4.69, 9.17) is 9.47 Å². The molecular formula is C16H19NO4. The first kappa shape index (κ1) is 14.2. The largest absolute Gasteiger partial charge is 0.338 e. The number of amides is 2. The number of carbonyl (C=O) groups excluding carboxylic acids is 2. The number of benzene rings is 1. The highest BCUT2D eigenvalue weighted by Crippen LogP contribution is 2.47. The van der Waals surface area contributed by atoms with Crippen LogP contribution in [0.1, 0.15) is 32.8 Å². The summed E-state index contributed by atoms with van der Waals surface area (Å²) in [5.74, 6) is -2.15. The van der Waals surface area contributed by atoms with E-state index in [1.54, 1.807) is 25.1 Å². The average molecular weight is 289 g/mol. The van der Waals surface area contributed by atoms with Crippen molar-refractivity contribution in [2.45, 2.75) is 33.0 Å². The molecule has 2 heterocycles. The third kappa shape index (κ3) is 2.00. The molecule has 1 spiro atoms. The van der Waals surface area contributed by atoms with E-state index in [-0.39, 0.29) is 17.7 Å². The second kappa shape index (κ2) is 4.64. The van der Waals surface area contributed by atoms with Crippen LogP contribution >= 0.6 is 0 Å². The van der Waals surface area contributed by atoms with E-state index in [9.17, 15) is 9.59 Å². The highest BCUT2D eigenvalue weighted by atomic mass is 16.7. The van der Waals surface area contributed by atoms with Crippen LogP contribution in [0.4, 0.5) is 5.69 Å². The summed E-state index contributed by atoms with van der Waals surface area (Å²) in [6, 6.07) is 7.16. The van der Waals surface area contributed by atoms with Gasteiger partial charge in [0.15, 0.2) is 0 Å². The van der Waals surface area contributed by atoms with Gasteiger partial charge >= 0.3 is 0 Å². The van der Waals surface area contributed by atoms with Gasteiger partial charge in [-0.25, -0.2) is 4.90 Å². The molecule has 0 unspecified atom stereocenters. The number of ether oxygens (including phenoxy) is 2. The maximum atomic E-state index is 12.8. The van der Waals surface area contributed by atoms with Gasteiger partial charge < -0.3 is 9.47 Å². The highest BCUT2D eigenvalue weighted by Gasteiger charge is 2.58. The molecular weight excluding hydrogens is 270 g/mol. The van der Waals surface area contributed by atoms with Crippen molar-refractivity contribution in [3.05, 3.63) is 29.8 Å². The number of fused-ring (bicyclic) bond motifs is 2. The van der Waals surface area contributed by atoms with E-state index in [1.807, 2.05) is 19.9 Å². The zero-order valence-electron chi connectivity index (χ0n) is 12.5. The minimum atomic E-state index is -1.46. The third-order valence-electron chi connectivity index (χ3n) is 3.87. The predicted octanol–water partition coefficient (Wildman–Crippen LogP) is 2.20. The van der Waals surface area contributed by atoms with Gasteiger partial charge in [-0.3, -0.25) is 9.59 Å². The molecule has 0 aliphatic carbocycles. The molecule has 0 radical (unpaired) electrons. The molecule has 112 valence electrons. The van der Waals surface area contributed by atoms with Crippen LogP contribution < -0.4 is 4.90 Å². The Morgan fingerprint density at radius 3 is 2.48 bits per heavy atom. The molecule has 1 fully saturated rings. The van der Waals surface area contributed by atoms with Crippen molar-refractivity contribution in [1.82, 2.24) is 0 Å². The first-order valence-electron chi connectivity index (χ1n) is 7.16. The van der Waals surface area contributed by atoms with Crippen molar-refractivity contribution in [2.75, 3.05) is 18.1 Å². The van der Waals surface area contributed by atoms with Gasteiger partial charge in [0.25, 0.3) is 11.7 Å². The van der Waals surface area contributed by atoms with Gasteiger partial charge in [0, 0.05) is 17.4 Å². The monoisotopic (exact) mass is 289 g/mol. The molecule has 0 saturated carbocycles. The number of anilines is 1. The zero-order chi connectivity index (χ0) is 15.3. The molecule has 21 heavy (non-hydrogen) atoms. The van der Waals surface area contributed by atoms with Crippen LogP contribution in [-0.2, 0) is 24.8 Å². The van der Waals surface area contributed by atoms with Crippen LogP contribution in [0, 0.1) is 5.41 Å². The number of para-hydroxylation sites is 1. The first-order valence-corrected chi connectivity index (χ1v) is 7.16. The van der Waals surface area contributed by atoms with Crippen molar-refractivity contribution in [2.24, 2.45) is 5.41 Å². The Hall–Kier alpha value is -1.72. The summed E-state index contributed by atoms with van der Waals surface area (Å²) >= 11 is 0. The quantitative estimate of drug-likeness (QED) is 0.795. The van der Waals surface area contributed by atoms with Crippen molar-refractivity contribution in [3.63, 3.8) is 0 Å². The average Bonchev–Trinajstić information content (AvgIpc) is 2.71. The molecule has 5 heteroatoms. The normalized spacial score (nSPS) is 22.4. The van der Waals surface area contributed by atoms with Crippen molar-refractivity contribution < 1.29 is 19.1 Å². The molecule has 2 amide bonds. The van der Waals surface area contributed by atoms with E-state index < -0.39 is 11.7 Å². The lowest BCUT2D eigenvalue weighted by Crippen LogP contribution is -2.52. The molecule has 5 nitrogen and oxygen atoms in total. The molecule has 3 rings (SSSR count). The van der Waals surface area contributed by atoms with Crippen LogP contribution in [-0.4, -0.2) is 25.0 Å². The number of rotatable bonds is 1. The fourth-order valence-corrected chi connectivity index (χ4v) is 2.68. The second-order valence-electron chi connectivity index (χ2n) is 6.26. The third-order valence-corrected chi connectivity index (χ3v) is 3.87. The maximum absolute atomic E-state index is 12.8. The lowest BCUT2D eigenvalue weighted by Gasteiger charge is -2.40. The summed E-state index contributed by atoms with van der Waals surface area (Å²) in [6.45, 7) is 6.57. The van der Waals surface area contributed by atoms with E-state index in [1.165, 1.54) is 4.90 Å². The minimum absolute atomic E-state index is 0.150. The van der Waals surface area contributed by atoms with Gasteiger partial charge in [-0.2, -0.15) is 0 Å². The topological polar surface area (TPSA) is 55.8 Å².